The van der Waals surface area contributed by atoms with Crippen LogP contribution in [0.25, 0.3) is 0 Å². The molecule has 2 heteroatoms. The first-order chi connectivity index (χ1) is 9.85. The normalized spacial score (nSPS) is 10.9. The Hall–Kier alpha value is 0.440. The summed E-state index contributed by atoms with van der Waals surface area (Å²) in [5, 5.41) is 0. The van der Waals surface area contributed by atoms with E-state index in [2.05, 4.69) is 25.7 Å². The van der Waals surface area contributed by atoms with Gasteiger partial charge in [0.1, 0.15) is 0 Å². The first kappa shape index (κ1) is 23.7. The number of hydrogen-bond donors (Lipinski definition) is 0. The van der Waals surface area contributed by atoms with Crippen LogP contribution in [0, 0.1) is 0 Å². The topological polar surface area (TPSA) is 3.24 Å². The van der Waals surface area contributed by atoms with Gasteiger partial charge in [-0.05, 0) is 38.9 Å². The highest BCUT2D eigenvalue weighted by molar-refractivity contribution is 8.93. The number of hydrogen-bond acceptors (Lipinski definition) is 1. The molecule has 0 unspecified atom stereocenters. The molecular formula is C19H42BrN. The van der Waals surface area contributed by atoms with Crippen molar-refractivity contribution in [1.82, 2.24) is 4.90 Å². The molecule has 0 spiro atoms. The van der Waals surface area contributed by atoms with E-state index >= 15 is 0 Å². The van der Waals surface area contributed by atoms with E-state index in [4.69, 9.17) is 0 Å². The Kier molecular flexibility index (Phi) is 23.1. The van der Waals surface area contributed by atoms with E-state index in [0.717, 1.165) is 0 Å². The third kappa shape index (κ3) is 18.4. The average Bonchev–Trinajstić information content (AvgIpc) is 2.46. The van der Waals surface area contributed by atoms with Crippen LogP contribution in [0.5, 0.6) is 0 Å². The van der Waals surface area contributed by atoms with Crippen molar-refractivity contribution >= 4 is 17.0 Å². The van der Waals surface area contributed by atoms with E-state index in [9.17, 15) is 0 Å². The van der Waals surface area contributed by atoms with Gasteiger partial charge in [0.15, 0.2) is 0 Å². The second-order valence-electron chi connectivity index (χ2n) is 6.38. The molecule has 0 aromatic rings. The first-order valence-corrected chi connectivity index (χ1v) is 9.57. The molecule has 0 saturated heterocycles. The highest BCUT2D eigenvalue weighted by Gasteiger charge is 2.03. The molecule has 21 heavy (non-hydrogen) atoms. The van der Waals surface area contributed by atoms with Crippen molar-refractivity contribution in [3.63, 3.8) is 0 Å². The molecule has 0 heterocycles. The Morgan fingerprint density at radius 3 is 1.19 bits per heavy atom. The molecule has 0 N–H and O–H groups in total. The van der Waals surface area contributed by atoms with Gasteiger partial charge in [0, 0.05) is 0 Å². The summed E-state index contributed by atoms with van der Waals surface area (Å²) in [6.45, 7) is 10.9. The van der Waals surface area contributed by atoms with Gasteiger partial charge in [0.05, 0.1) is 0 Å². The molecule has 0 rings (SSSR count). The second kappa shape index (κ2) is 20.4. The van der Waals surface area contributed by atoms with Crippen LogP contribution >= 0.6 is 17.0 Å². The van der Waals surface area contributed by atoms with Crippen LogP contribution in [0.1, 0.15) is 104 Å². The lowest BCUT2D eigenvalue weighted by Gasteiger charge is -2.21. The van der Waals surface area contributed by atoms with Crippen molar-refractivity contribution in [3.8, 4) is 0 Å². The largest absolute Gasteiger partial charge is 0.303 e. The van der Waals surface area contributed by atoms with Gasteiger partial charge < -0.3 is 4.90 Å². The van der Waals surface area contributed by atoms with E-state index in [1.54, 1.807) is 0 Å². The van der Waals surface area contributed by atoms with Crippen LogP contribution in [0.15, 0.2) is 0 Å². The Morgan fingerprint density at radius 2 is 0.810 bits per heavy atom. The van der Waals surface area contributed by atoms with Gasteiger partial charge in [-0.25, -0.2) is 0 Å². The fraction of sp³-hybridized carbons (Fsp3) is 1.00. The van der Waals surface area contributed by atoms with Gasteiger partial charge in [0.2, 0.25) is 0 Å². The molecule has 0 aliphatic carbocycles. The zero-order valence-corrected chi connectivity index (χ0v) is 16.9. The molecule has 0 aliphatic rings. The van der Waals surface area contributed by atoms with Crippen LogP contribution in [0.3, 0.4) is 0 Å². The van der Waals surface area contributed by atoms with Gasteiger partial charge in [0.25, 0.3) is 0 Å². The summed E-state index contributed by atoms with van der Waals surface area (Å²) in [4.78, 5) is 2.71. The van der Waals surface area contributed by atoms with Crippen LogP contribution in [0.4, 0.5) is 0 Å². The van der Waals surface area contributed by atoms with Crippen LogP contribution in [-0.4, -0.2) is 24.5 Å². The minimum atomic E-state index is 0. The Morgan fingerprint density at radius 1 is 0.429 bits per heavy atom. The van der Waals surface area contributed by atoms with Gasteiger partial charge in [-0.15, -0.1) is 17.0 Å². The number of rotatable bonds is 16. The van der Waals surface area contributed by atoms with Crippen molar-refractivity contribution in [2.75, 3.05) is 19.6 Å². The van der Waals surface area contributed by atoms with Crippen molar-refractivity contribution in [1.29, 1.82) is 0 Å². The minimum Gasteiger partial charge on any atom is -0.303 e. The maximum absolute atomic E-state index is 2.71. The van der Waals surface area contributed by atoms with Gasteiger partial charge in [-0.1, -0.05) is 85.0 Å². The van der Waals surface area contributed by atoms with Crippen molar-refractivity contribution in [3.05, 3.63) is 0 Å². The maximum Gasteiger partial charge on any atom is -0.00187 e. The standard InChI is InChI=1S/C19H41N.BrH/c1-4-7-9-11-13-15-18-20(17-6-3)19-16-14-12-10-8-5-2;/h4-19H2,1-3H3;1H. The van der Waals surface area contributed by atoms with E-state index < -0.39 is 0 Å². The third-order valence-corrected chi connectivity index (χ3v) is 4.20. The SMILES string of the molecule is Br.CCCCCCCCN(CCC)CCCCCCCC. The van der Waals surface area contributed by atoms with E-state index in [1.807, 2.05) is 0 Å². The Bertz CT molecular complexity index is 157. The molecule has 0 atom stereocenters. The predicted octanol–water partition coefficient (Wildman–Crippen LogP) is 7.00. The molecule has 0 aromatic carbocycles. The minimum absolute atomic E-state index is 0. The van der Waals surface area contributed by atoms with E-state index in [-0.39, 0.29) is 17.0 Å². The Balaban J connectivity index is 0. The summed E-state index contributed by atoms with van der Waals surface area (Å²) >= 11 is 0. The van der Waals surface area contributed by atoms with Crippen molar-refractivity contribution < 1.29 is 0 Å². The second-order valence-corrected chi connectivity index (χ2v) is 6.38. The zero-order valence-electron chi connectivity index (χ0n) is 15.2. The molecule has 0 radical (unpaired) electrons. The highest BCUT2D eigenvalue weighted by atomic mass is 79.9. The quantitative estimate of drug-likeness (QED) is 0.267. The van der Waals surface area contributed by atoms with Crippen molar-refractivity contribution in [2.45, 2.75) is 104 Å². The lowest BCUT2D eigenvalue weighted by Crippen LogP contribution is -2.27. The predicted molar refractivity (Wildman–Crippen MR) is 104 cm³/mol. The molecule has 0 aromatic heterocycles. The molecule has 1 nitrogen and oxygen atoms in total. The summed E-state index contributed by atoms with van der Waals surface area (Å²) in [5.41, 5.74) is 0. The third-order valence-electron chi connectivity index (χ3n) is 4.20. The lowest BCUT2D eigenvalue weighted by atomic mass is 10.1. The summed E-state index contributed by atoms with van der Waals surface area (Å²) in [5.74, 6) is 0. The molecule has 0 saturated carbocycles. The fourth-order valence-corrected chi connectivity index (χ4v) is 2.88. The zero-order chi connectivity index (χ0) is 14.9. The molecular weight excluding hydrogens is 322 g/mol. The van der Waals surface area contributed by atoms with Crippen LogP contribution in [-0.2, 0) is 0 Å². The van der Waals surface area contributed by atoms with E-state index in [0.29, 0.717) is 0 Å². The van der Waals surface area contributed by atoms with Gasteiger partial charge in [-0.3, -0.25) is 0 Å². The maximum atomic E-state index is 2.71. The molecule has 130 valence electrons. The summed E-state index contributed by atoms with van der Waals surface area (Å²) in [7, 11) is 0. The molecule has 0 aliphatic heterocycles. The molecule has 0 fully saturated rings. The lowest BCUT2D eigenvalue weighted by molar-refractivity contribution is 0.260. The summed E-state index contributed by atoms with van der Waals surface area (Å²) in [6, 6.07) is 0. The van der Waals surface area contributed by atoms with E-state index in [1.165, 1.54) is 103 Å². The Labute approximate surface area is 146 Å². The monoisotopic (exact) mass is 363 g/mol. The number of nitrogens with zero attached hydrogens (tertiary/aromatic N) is 1. The van der Waals surface area contributed by atoms with Crippen molar-refractivity contribution in [2.24, 2.45) is 0 Å². The van der Waals surface area contributed by atoms with Crippen LogP contribution in [0.2, 0.25) is 0 Å². The summed E-state index contributed by atoms with van der Waals surface area (Å²) < 4.78 is 0. The smallest absolute Gasteiger partial charge is 0.00187 e. The number of unbranched alkanes of at least 4 members (excludes halogenated alkanes) is 10. The molecule has 0 bridgehead atoms. The first-order valence-electron chi connectivity index (χ1n) is 9.57. The fourth-order valence-electron chi connectivity index (χ4n) is 2.88. The average molecular weight is 364 g/mol. The van der Waals surface area contributed by atoms with Gasteiger partial charge >= 0.3 is 0 Å². The number of halogens is 1. The molecule has 0 amide bonds. The van der Waals surface area contributed by atoms with Crippen LogP contribution < -0.4 is 0 Å². The van der Waals surface area contributed by atoms with Gasteiger partial charge in [-0.2, -0.15) is 0 Å². The summed E-state index contributed by atoms with van der Waals surface area (Å²) in [6.07, 6.45) is 18.4. The highest BCUT2D eigenvalue weighted by Crippen LogP contribution is 2.09.